The number of hydrogen-bond donors (Lipinski definition) is 0. The topological polar surface area (TPSA) is 55.8 Å². The molecule has 0 spiro atoms. The first-order valence-corrected chi connectivity index (χ1v) is 6.45. The van der Waals surface area contributed by atoms with Crippen molar-refractivity contribution in [3.05, 3.63) is 0 Å². The van der Waals surface area contributed by atoms with Crippen LogP contribution in [0.15, 0.2) is 0 Å². The number of nitrogens with zero attached hydrogens (tertiary/aromatic N) is 1. The Labute approximate surface area is 108 Å². The summed E-state index contributed by atoms with van der Waals surface area (Å²) in [6.45, 7) is 9.12. The summed E-state index contributed by atoms with van der Waals surface area (Å²) in [5.41, 5.74) is -0.451. The number of carbonyl (C=O) groups excluding carboxylic acids is 2. The van der Waals surface area contributed by atoms with E-state index in [-0.39, 0.29) is 12.1 Å². The average molecular weight is 257 g/mol. The lowest BCUT2D eigenvalue weighted by molar-refractivity contribution is -0.143. The van der Waals surface area contributed by atoms with Crippen molar-refractivity contribution in [2.45, 2.75) is 46.1 Å². The molecule has 0 aliphatic carbocycles. The molecule has 0 N–H and O–H groups in total. The van der Waals surface area contributed by atoms with Gasteiger partial charge in [0, 0.05) is 19.5 Å². The number of esters is 1. The summed E-state index contributed by atoms with van der Waals surface area (Å²) in [6, 6.07) is 0. The highest BCUT2D eigenvalue weighted by Gasteiger charge is 2.33. The van der Waals surface area contributed by atoms with Crippen LogP contribution in [0.1, 0.15) is 40.5 Å². The predicted molar refractivity (Wildman–Crippen MR) is 67.2 cm³/mol. The molecule has 0 aromatic heterocycles. The van der Waals surface area contributed by atoms with Crippen molar-refractivity contribution < 1.29 is 19.1 Å². The second-order valence-electron chi connectivity index (χ2n) is 5.60. The molecule has 18 heavy (non-hydrogen) atoms. The van der Waals surface area contributed by atoms with Crippen LogP contribution in [0.5, 0.6) is 0 Å². The Balaban J connectivity index is 2.16. The lowest BCUT2D eigenvalue weighted by atomic mass is 9.95. The molecule has 0 aromatic carbocycles. The van der Waals surface area contributed by atoms with Crippen LogP contribution in [0.3, 0.4) is 0 Å². The summed E-state index contributed by atoms with van der Waals surface area (Å²) < 4.78 is 10.1. The van der Waals surface area contributed by atoms with E-state index >= 15 is 0 Å². The van der Waals surface area contributed by atoms with E-state index in [1.807, 2.05) is 20.8 Å². The van der Waals surface area contributed by atoms with E-state index in [4.69, 9.17) is 9.47 Å². The minimum absolute atomic E-state index is 0.159. The fraction of sp³-hybridized carbons (Fsp3) is 0.846. The Morgan fingerprint density at radius 2 is 1.89 bits per heavy atom. The van der Waals surface area contributed by atoms with Gasteiger partial charge < -0.3 is 14.4 Å². The van der Waals surface area contributed by atoms with Crippen molar-refractivity contribution in [1.29, 1.82) is 0 Å². The molecule has 1 aliphatic rings. The number of likely N-dealkylation sites (tertiary alicyclic amines) is 1. The van der Waals surface area contributed by atoms with Crippen LogP contribution < -0.4 is 0 Å². The highest BCUT2D eigenvalue weighted by Crippen LogP contribution is 2.23. The van der Waals surface area contributed by atoms with Gasteiger partial charge in [0.1, 0.15) is 5.60 Å². The van der Waals surface area contributed by atoms with Crippen molar-refractivity contribution in [2.24, 2.45) is 5.92 Å². The van der Waals surface area contributed by atoms with E-state index in [2.05, 4.69) is 0 Å². The number of carbonyl (C=O) groups is 2. The number of hydrogen-bond acceptors (Lipinski definition) is 4. The van der Waals surface area contributed by atoms with Crippen LogP contribution in [0.2, 0.25) is 0 Å². The quantitative estimate of drug-likeness (QED) is 0.724. The Bertz CT molecular complexity index is 303. The normalized spacial score (nSPS) is 16.1. The first-order chi connectivity index (χ1) is 8.31. The van der Waals surface area contributed by atoms with Crippen molar-refractivity contribution in [2.75, 3.05) is 19.7 Å². The van der Waals surface area contributed by atoms with E-state index < -0.39 is 5.60 Å². The lowest BCUT2D eigenvalue weighted by Crippen LogP contribution is -2.51. The Hall–Kier alpha value is -1.26. The molecule has 1 aliphatic heterocycles. The van der Waals surface area contributed by atoms with Crippen LogP contribution in [0.4, 0.5) is 4.79 Å². The highest BCUT2D eigenvalue weighted by atomic mass is 16.6. The minimum atomic E-state index is -0.451. The molecule has 1 rings (SSSR count). The summed E-state index contributed by atoms with van der Waals surface area (Å²) >= 11 is 0. The molecule has 0 atom stereocenters. The molecule has 0 unspecified atom stereocenters. The molecular formula is C13H23NO4. The third-order valence-corrected chi connectivity index (χ3v) is 2.67. The van der Waals surface area contributed by atoms with Gasteiger partial charge >= 0.3 is 12.1 Å². The number of amides is 1. The molecule has 1 heterocycles. The van der Waals surface area contributed by atoms with E-state index in [1.54, 1.807) is 11.8 Å². The molecule has 1 amide bonds. The van der Waals surface area contributed by atoms with Crippen LogP contribution >= 0.6 is 0 Å². The van der Waals surface area contributed by atoms with Crippen LogP contribution in [0, 0.1) is 5.92 Å². The second kappa shape index (κ2) is 6.07. The van der Waals surface area contributed by atoms with E-state index in [1.165, 1.54) is 0 Å². The monoisotopic (exact) mass is 257 g/mol. The molecule has 5 nitrogen and oxygen atoms in total. The van der Waals surface area contributed by atoms with Gasteiger partial charge in [0.15, 0.2) is 0 Å². The van der Waals surface area contributed by atoms with Gasteiger partial charge in [-0.1, -0.05) is 0 Å². The third-order valence-electron chi connectivity index (χ3n) is 2.67. The number of rotatable bonds is 4. The zero-order valence-corrected chi connectivity index (χ0v) is 11.7. The second-order valence-corrected chi connectivity index (χ2v) is 5.60. The summed E-state index contributed by atoms with van der Waals surface area (Å²) in [4.78, 5) is 24.5. The largest absolute Gasteiger partial charge is 0.466 e. The van der Waals surface area contributed by atoms with Crippen LogP contribution in [-0.2, 0) is 14.3 Å². The van der Waals surface area contributed by atoms with Gasteiger partial charge in [-0.15, -0.1) is 0 Å². The van der Waals surface area contributed by atoms with Gasteiger partial charge in [0.05, 0.1) is 6.61 Å². The van der Waals surface area contributed by atoms with Crippen molar-refractivity contribution in [1.82, 2.24) is 4.90 Å². The standard InChI is InChI=1S/C13H23NO4/c1-5-17-11(15)7-6-10-8-14(9-10)12(16)18-13(2,3)4/h10H,5-9H2,1-4H3. The first kappa shape index (κ1) is 14.8. The smallest absolute Gasteiger partial charge is 0.410 e. The SMILES string of the molecule is CCOC(=O)CCC1CN(C(=O)OC(C)(C)C)C1. The van der Waals surface area contributed by atoms with Gasteiger partial charge in [-0.05, 0) is 40.0 Å². The molecule has 0 radical (unpaired) electrons. The van der Waals surface area contributed by atoms with Crippen LogP contribution in [-0.4, -0.2) is 42.3 Å². The van der Waals surface area contributed by atoms with Gasteiger partial charge in [-0.2, -0.15) is 0 Å². The summed E-state index contributed by atoms with van der Waals surface area (Å²) in [5.74, 6) is 0.232. The molecule has 104 valence electrons. The average Bonchev–Trinajstić information content (AvgIpc) is 2.12. The van der Waals surface area contributed by atoms with Gasteiger partial charge in [-0.3, -0.25) is 4.79 Å². The molecule has 1 fully saturated rings. The fourth-order valence-corrected chi connectivity index (χ4v) is 1.78. The lowest BCUT2D eigenvalue weighted by Gasteiger charge is -2.39. The molecule has 1 saturated heterocycles. The van der Waals surface area contributed by atoms with Crippen molar-refractivity contribution in [3.8, 4) is 0 Å². The summed E-state index contributed by atoms with van der Waals surface area (Å²) in [7, 11) is 0. The van der Waals surface area contributed by atoms with Crippen molar-refractivity contribution >= 4 is 12.1 Å². The van der Waals surface area contributed by atoms with Gasteiger partial charge in [0.25, 0.3) is 0 Å². The molecule has 0 saturated carbocycles. The molecule has 0 aromatic rings. The minimum Gasteiger partial charge on any atom is -0.466 e. The maximum atomic E-state index is 11.6. The predicted octanol–water partition coefficient (Wildman–Crippen LogP) is 2.20. The Morgan fingerprint density at radius 1 is 1.28 bits per heavy atom. The zero-order valence-electron chi connectivity index (χ0n) is 11.7. The van der Waals surface area contributed by atoms with E-state index in [0.29, 0.717) is 32.0 Å². The van der Waals surface area contributed by atoms with Crippen molar-refractivity contribution in [3.63, 3.8) is 0 Å². The van der Waals surface area contributed by atoms with E-state index in [9.17, 15) is 9.59 Å². The highest BCUT2D eigenvalue weighted by molar-refractivity contribution is 5.70. The number of ether oxygens (including phenoxy) is 2. The van der Waals surface area contributed by atoms with E-state index in [0.717, 1.165) is 6.42 Å². The fourth-order valence-electron chi connectivity index (χ4n) is 1.78. The Kier molecular flexibility index (Phi) is 4.99. The molecule has 0 bridgehead atoms. The van der Waals surface area contributed by atoms with Crippen LogP contribution in [0.25, 0.3) is 0 Å². The summed E-state index contributed by atoms with van der Waals surface area (Å²) in [5, 5.41) is 0. The van der Waals surface area contributed by atoms with Gasteiger partial charge in [0.2, 0.25) is 0 Å². The van der Waals surface area contributed by atoms with Gasteiger partial charge in [-0.25, -0.2) is 4.79 Å². The molecule has 5 heteroatoms. The molecular weight excluding hydrogens is 234 g/mol. The zero-order chi connectivity index (χ0) is 13.8. The first-order valence-electron chi connectivity index (χ1n) is 6.45. The maximum absolute atomic E-state index is 11.6. The summed E-state index contributed by atoms with van der Waals surface area (Å²) in [6.07, 6.45) is 0.939. The Morgan fingerprint density at radius 3 is 2.39 bits per heavy atom. The maximum Gasteiger partial charge on any atom is 0.410 e. The third kappa shape index (κ3) is 4.94.